The van der Waals surface area contributed by atoms with Gasteiger partial charge in [0.2, 0.25) is 5.91 Å². The Morgan fingerprint density at radius 3 is 2.18 bits per heavy atom. The fourth-order valence-electron chi connectivity index (χ4n) is 3.51. The number of nitriles is 1. The van der Waals surface area contributed by atoms with E-state index in [2.05, 4.69) is 26.8 Å². The summed E-state index contributed by atoms with van der Waals surface area (Å²) in [6.45, 7) is 6.34. The standard InChI is InChI=1S/C14H22N2O/c1-10-7-14(8-10,9-15)13(17)16-11(2)5-4-6-12(16)3/h10-12H,4-8H2,1-3H3. The van der Waals surface area contributed by atoms with Gasteiger partial charge in [-0.2, -0.15) is 5.26 Å². The molecule has 1 saturated heterocycles. The molecule has 1 saturated carbocycles. The average molecular weight is 234 g/mol. The first-order valence-electron chi connectivity index (χ1n) is 6.74. The Morgan fingerprint density at radius 2 is 1.76 bits per heavy atom. The predicted octanol–water partition coefficient (Wildman–Crippen LogP) is 2.72. The molecule has 94 valence electrons. The van der Waals surface area contributed by atoms with Crippen LogP contribution >= 0.6 is 0 Å². The molecule has 0 bridgehead atoms. The van der Waals surface area contributed by atoms with Crippen LogP contribution in [0.4, 0.5) is 0 Å². The van der Waals surface area contributed by atoms with Gasteiger partial charge < -0.3 is 4.90 Å². The van der Waals surface area contributed by atoms with E-state index in [0.717, 1.165) is 25.7 Å². The van der Waals surface area contributed by atoms with E-state index in [1.54, 1.807) is 0 Å². The summed E-state index contributed by atoms with van der Waals surface area (Å²) in [7, 11) is 0. The van der Waals surface area contributed by atoms with Gasteiger partial charge in [-0.25, -0.2) is 0 Å². The summed E-state index contributed by atoms with van der Waals surface area (Å²) in [4.78, 5) is 14.6. The number of hydrogen-bond donors (Lipinski definition) is 0. The largest absolute Gasteiger partial charge is 0.336 e. The van der Waals surface area contributed by atoms with Gasteiger partial charge in [-0.1, -0.05) is 6.92 Å². The maximum absolute atomic E-state index is 12.6. The zero-order valence-electron chi connectivity index (χ0n) is 11.1. The van der Waals surface area contributed by atoms with E-state index in [9.17, 15) is 10.1 Å². The first-order valence-corrected chi connectivity index (χ1v) is 6.74. The molecule has 2 unspecified atom stereocenters. The summed E-state index contributed by atoms with van der Waals surface area (Å²) in [6.07, 6.45) is 4.85. The number of likely N-dealkylation sites (tertiary alicyclic amines) is 1. The van der Waals surface area contributed by atoms with E-state index in [1.807, 2.05) is 4.90 Å². The highest BCUT2D eigenvalue weighted by Crippen LogP contribution is 2.47. The Hall–Kier alpha value is -1.04. The quantitative estimate of drug-likeness (QED) is 0.700. The molecule has 2 rings (SSSR count). The van der Waals surface area contributed by atoms with Crippen molar-refractivity contribution in [3.63, 3.8) is 0 Å². The molecule has 1 amide bonds. The molecule has 3 nitrogen and oxygen atoms in total. The van der Waals surface area contributed by atoms with Crippen LogP contribution in [0.2, 0.25) is 0 Å². The zero-order valence-corrected chi connectivity index (χ0v) is 11.1. The summed E-state index contributed by atoms with van der Waals surface area (Å²) in [6, 6.07) is 2.89. The topological polar surface area (TPSA) is 44.1 Å². The Bertz CT molecular complexity index is 342. The van der Waals surface area contributed by atoms with Crippen LogP contribution in [-0.4, -0.2) is 22.9 Å². The summed E-state index contributed by atoms with van der Waals surface area (Å²) in [5, 5.41) is 9.33. The Kier molecular flexibility index (Phi) is 3.16. The molecule has 1 aliphatic carbocycles. The highest BCUT2D eigenvalue weighted by atomic mass is 16.2. The summed E-state index contributed by atoms with van der Waals surface area (Å²) >= 11 is 0. The number of carbonyl (C=O) groups is 1. The second-order valence-electron chi connectivity index (χ2n) is 6.05. The smallest absolute Gasteiger partial charge is 0.243 e. The van der Waals surface area contributed by atoms with Crippen LogP contribution in [0.1, 0.15) is 52.9 Å². The van der Waals surface area contributed by atoms with Crippen LogP contribution in [0.5, 0.6) is 0 Å². The Balaban J connectivity index is 2.16. The third-order valence-corrected chi connectivity index (χ3v) is 4.45. The van der Waals surface area contributed by atoms with Crippen molar-refractivity contribution in [2.45, 2.75) is 65.0 Å². The van der Waals surface area contributed by atoms with Crippen molar-refractivity contribution < 1.29 is 4.79 Å². The maximum atomic E-state index is 12.6. The molecule has 2 fully saturated rings. The number of carbonyl (C=O) groups excluding carboxylic acids is 1. The molecule has 0 spiro atoms. The summed E-state index contributed by atoms with van der Waals surface area (Å²) in [5.74, 6) is 0.617. The van der Waals surface area contributed by atoms with E-state index in [1.165, 1.54) is 6.42 Å². The highest BCUT2D eigenvalue weighted by Gasteiger charge is 2.52. The fraction of sp³-hybridized carbons (Fsp3) is 0.857. The lowest BCUT2D eigenvalue weighted by molar-refractivity contribution is -0.151. The van der Waals surface area contributed by atoms with Gasteiger partial charge in [-0.15, -0.1) is 0 Å². The minimum Gasteiger partial charge on any atom is -0.336 e. The third kappa shape index (κ3) is 1.94. The molecule has 2 atom stereocenters. The van der Waals surface area contributed by atoms with Gasteiger partial charge in [-0.05, 0) is 51.9 Å². The van der Waals surface area contributed by atoms with Gasteiger partial charge in [0.05, 0.1) is 6.07 Å². The fourth-order valence-corrected chi connectivity index (χ4v) is 3.51. The van der Waals surface area contributed by atoms with Crippen LogP contribution in [0, 0.1) is 22.7 Å². The molecular weight excluding hydrogens is 212 g/mol. The number of amides is 1. The molecule has 0 N–H and O–H groups in total. The monoisotopic (exact) mass is 234 g/mol. The van der Waals surface area contributed by atoms with Crippen LogP contribution in [0.25, 0.3) is 0 Å². The number of piperidine rings is 1. The minimum absolute atomic E-state index is 0.0952. The van der Waals surface area contributed by atoms with Crippen LogP contribution in [0.15, 0.2) is 0 Å². The van der Waals surface area contributed by atoms with E-state index < -0.39 is 5.41 Å². The number of rotatable bonds is 1. The Labute approximate surface area is 104 Å². The Morgan fingerprint density at radius 1 is 1.24 bits per heavy atom. The van der Waals surface area contributed by atoms with Gasteiger partial charge in [0.15, 0.2) is 0 Å². The van der Waals surface area contributed by atoms with E-state index in [-0.39, 0.29) is 5.91 Å². The van der Waals surface area contributed by atoms with Crippen LogP contribution < -0.4 is 0 Å². The molecule has 0 radical (unpaired) electrons. The summed E-state index contributed by atoms with van der Waals surface area (Å²) < 4.78 is 0. The van der Waals surface area contributed by atoms with E-state index in [4.69, 9.17) is 0 Å². The SMILES string of the molecule is CC1CC(C#N)(C(=O)N2C(C)CCCC2C)C1. The molecule has 17 heavy (non-hydrogen) atoms. The lowest BCUT2D eigenvalue weighted by atomic mass is 9.62. The van der Waals surface area contributed by atoms with Gasteiger partial charge >= 0.3 is 0 Å². The third-order valence-electron chi connectivity index (χ3n) is 4.45. The maximum Gasteiger partial charge on any atom is 0.243 e. The molecule has 0 aromatic heterocycles. The first kappa shape index (κ1) is 12.4. The zero-order chi connectivity index (χ0) is 12.6. The van der Waals surface area contributed by atoms with Crippen molar-refractivity contribution in [3.8, 4) is 6.07 Å². The lowest BCUT2D eigenvalue weighted by Crippen LogP contribution is -2.56. The van der Waals surface area contributed by atoms with Gasteiger partial charge in [0.1, 0.15) is 5.41 Å². The van der Waals surface area contributed by atoms with Crippen molar-refractivity contribution in [1.82, 2.24) is 4.90 Å². The van der Waals surface area contributed by atoms with Crippen molar-refractivity contribution >= 4 is 5.91 Å². The van der Waals surface area contributed by atoms with E-state index >= 15 is 0 Å². The minimum atomic E-state index is -0.695. The molecular formula is C14H22N2O. The molecule has 3 heteroatoms. The van der Waals surface area contributed by atoms with Crippen molar-refractivity contribution in [2.75, 3.05) is 0 Å². The molecule has 0 aromatic carbocycles. The van der Waals surface area contributed by atoms with Crippen molar-refractivity contribution in [2.24, 2.45) is 11.3 Å². The van der Waals surface area contributed by atoms with Gasteiger partial charge in [-0.3, -0.25) is 4.79 Å². The van der Waals surface area contributed by atoms with E-state index in [0.29, 0.717) is 18.0 Å². The summed E-state index contributed by atoms with van der Waals surface area (Å²) in [5.41, 5.74) is -0.695. The predicted molar refractivity (Wildman–Crippen MR) is 66.1 cm³/mol. The molecule has 1 heterocycles. The van der Waals surface area contributed by atoms with Crippen LogP contribution in [-0.2, 0) is 4.79 Å². The highest BCUT2D eigenvalue weighted by molar-refractivity contribution is 5.87. The van der Waals surface area contributed by atoms with Crippen LogP contribution in [0.3, 0.4) is 0 Å². The molecule has 1 aliphatic heterocycles. The second-order valence-corrected chi connectivity index (χ2v) is 6.05. The number of hydrogen-bond acceptors (Lipinski definition) is 2. The van der Waals surface area contributed by atoms with Gasteiger partial charge in [0.25, 0.3) is 0 Å². The normalized spacial score (nSPS) is 41.5. The molecule has 2 aliphatic rings. The van der Waals surface area contributed by atoms with Crippen molar-refractivity contribution in [3.05, 3.63) is 0 Å². The number of nitrogens with zero attached hydrogens (tertiary/aromatic N) is 2. The van der Waals surface area contributed by atoms with Gasteiger partial charge in [0, 0.05) is 12.1 Å². The second kappa shape index (κ2) is 4.33. The first-order chi connectivity index (χ1) is 8.00. The average Bonchev–Trinajstić information content (AvgIpc) is 2.24. The lowest BCUT2D eigenvalue weighted by Gasteiger charge is -2.47. The molecule has 0 aromatic rings. The van der Waals surface area contributed by atoms with Crippen molar-refractivity contribution in [1.29, 1.82) is 5.26 Å².